The predicted molar refractivity (Wildman–Crippen MR) is 83.8 cm³/mol. The highest BCUT2D eigenvalue weighted by molar-refractivity contribution is 9.10. The second-order valence-corrected chi connectivity index (χ2v) is 5.34. The average molecular weight is 363 g/mol. The fraction of sp³-hybridized carbons (Fsp3) is 0.600. The van der Waals surface area contributed by atoms with E-state index in [4.69, 9.17) is 18.9 Å². The van der Waals surface area contributed by atoms with Gasteiger partial charge in [-0.2, -0.15) is 0 Å². The van der Waals surface area contributed by atoms with Crippen LogP contribution in [0.1, 0.15) is 18.6 Å². The number of aliphatic hydroxyl groups is 1. The number of benzene rings is 1. The smallest absolute Gasteiger partial charge is 0.126 e. The second-order valence-electron chi connectivity index (χ2n) is 4.42. The van der Waals surface area contributed by atoms with E-state index in [-0.39, 0.29) is 0 Å². The lowest BCUT2D eigenvalue weighted by Gasteiger charge is -2.14. The molecule has 1 N–H and O–H groups in total. The highest BCUT2D eigenvalue weighted by Gasteiger charge is 2.09. The van der Waals surface area contributed by atoms with Crippen molar-refractivity contribution < 1.29 is 24.1 Å². The normalized spacial score (nSPS) is 12.4. The summed E-state index contributed by atoms with van der Waals surface area (Å²) in [5, 5.41) is 9.69. The molecule has 0 aliphatic rings. The number of halogens is 1. The van der Waals surface area contributed by atoms with Crippen LogP contribution in [0.25, 0.3) is 0 Å². The summed E-state index contributed by atoms with van der Waals surface area (Å²) < 4.78 is 22.1. The first-order chi connectivity index (χ1) is 10.1. The first kappa shape index (κ1) is 18.4. The van der Waals surface area contributed by atoms with Crippen molar-refractivity contribution in [1.29, 1.82) is 0 Å². The molecule has 0 saturated carbocycles. The molecule has 5 nitrogen and oxygen atoms in total. The van der Waals surface area contributed by atoms with Gasteiger partial charge >= 0.3 is 0 Å². The van der Waals surface area contributed by atoms with Crippen LogP contribution < -0.4 is 4.74 Å². The van der Waals surface area contributed by atoms with E-state index in [2.05, 4.69) is 15.9 Å². The van der Waals surface area contributed by atoms with Gasteiger partial charge in [0.2, 0.25) is 0 Å². The summed E-state index contributed by atoms with van der Waals surface area (Å²) in [4.78, 5) is 0. The van der Waals surface area contributed by atoms with Crippen LogP contribution in [0.3, 0.4) is 0 Å². The van der Waals surface area contributed by atoms with Crippen LogP contribution in [0, 0.1) is 0 Å². The third kappa shape index (κ3) is 7.78. The highest BCUT2D eigenvalue weighted by Crippen LogP contribution is 2.28. The van der Waals surface area contributed by atoms with E-state index in [0.717, 1.165) is 10.0 Å². The van der Waals surface area contributed by atoms with Crippen molar-refractivity contribution in [2.24, 2.45) is 0 Å². The van der Waals surface area contributed by atoms with Crippen LogP contribution in [0.15, 0.2) is 22.7 Å². The zero-order valence-corrected chi connectivity index (χ0v) is 14.1. The summed E-state index contributed by atoms with van der Waals surface area (Å²) in [7, 11) is 1.64. The molecule has 0 fully saturated rings. The molecule has 0 amide bonds. The van der Waals surface area contributed by atoms with E-state index in [1.165, 1.54) is 0 Å². The Kier molecular flexibility index (Phi) is 9.62. The van der Waals surface area contributed by atoms with Crippen molar-refractivity contribution in [1.82, 2.24) is 0 Å². The molecule has 1 aromatic carbocycles. The van der Waals surface area contributed by atoms with Crippen LogP contribution in [0.2, 0.25) is 0 Å². The number of aliphatic hydroxyl groups excluding tert-OH is 1. The van der Waals surface area contributed by atoms with Gasteiger partial charge in [0, 0.05) is 17.1 Å². The molecule has 1 atom stereocenters. The fourth-order valence-corrected chi connectivity index (χ4v) is 1.99. The molecule has 1 aromatic rings. The zero-order chi connectivity index (χ0) is 15.5. The molecule has 1 rings (SSSR count). The molecule has 6 heteroatoms. The summed E-state index contributed by atoms with van der Waals surface area (Å²) in [6.45, 7) is 4.84. The molecule has 0 radical (unpaired) electrons. The Morgan fingerprint density at radius 3 is 2.29 bits per heavy atom. The molecule has 0 unspecified atom stereocenters. The van der Waals surface area contributed by atoms with Crippen molar-refractivity contribution >= 4 is 15.9 Å². The van der Waals surface area contributed by atoms with E-state index in [0.29, 0.717) is 45.4 Å². The predicted octanol–water partition coefficient (Wildman–Crippen LogP) is 2.56. The maximum absolute atomic E-state index is 9.69. The van der Waals surface area contributed by atoms with Crippen LogP contribution in [-0.4, -0.2) is 51.9 Å². The molecule has 120 valence electrons. The zero-order valence-electron chi connectivity index (χ0n) is 12.5. The van der Waals surface area contributed by atoms with Gasteiger partial charge in [0.05, 0.1) is 39.1 Å². The first-order valence-corrected chi connectivity index (χ1v) is 7.69. The fourth-order valence-electron chi connectivity index (χ4n) is 1.65. The third-order valence-electron chi connectivity index (χ3n) is 2.71. The number of hydrogen-bond donors (Lipinski definition) is 1. The Labute approximate surface area is 134 Å². The van der Waals surface area contributed by atoms with Gasteiger partial charge in [-0.05, 0) is 19.1 Å². The Morgan fingerprint density at radius 1 is 1.05 bits per heavy atom. The maximum Gasteiger partial charge on any atom is 0.126 e. The van der Waals surface area contributed by atoms with Gasteiger partial charge in [-0.1, -0.05) is 22.0 Å². The largest absolute Gasteiger partial charge is 0.491 e. The SMILES string of the molecule is COCCOCCOCCOc1cc(Br)ccc1[C@H](C)O. The lowest BCUT2D eigenvalue weighted by atomic mass is 10.1. The lowest BCUT2D eigenvalue weighted by Crippen LogP contribution is -2.13. The summed E-state index contributed by atoms with van der Waals surface area (Å²) in [5.41, 5.74) is 0.765. The van der Waals surface area contributed by atoms with Gasteiger partial charge in [-0.3, -0.25) is 0 Å². The number of methoxy groups -OCH3 is 1. The minimum absolute atomic E-state index is 0.425. The van der Waals surface area contributed by atoms with Gasteiger partial charge in [0.25, 0.3) is 0 Å². The molecular formula is C15H23BrO5. The monoisotopic (exact) mass is 362 g/mol. The maximum atomic E-state index is 9.69. The lowest BCUT2D eigenvalue weighted by molar-refractivity contribution is 0.0177. The van der Waals surface area contributed by atoms with Crippen molar-refractivity contribution in [3.63, 3.8) is 0 Å². The molecular weight excluding hydrogens is 340 g/mol. The molecule has 0 spiro atoms. The number of hydrogen-bond acceptors (Lipinski definition) is 5. The van der Waals surface area contributed by atoms with Crippen molar-refractivity contribution in [3.8, 4) is 5.75 Å². The third-order valence-corrected chi connectivity index (χ3v) is 3.21. The second kappa shape index (κ2) is 11.0. The minimum Gasteiger partial charge on any atom is -0.491 e. The van der Waals surface area contributed by atoms with Crippen LogP contribution in [0.4, 0.5) is 0 Å². The molecule has 21 heavy (non-hydrogen) atoms. The van der Waals surface area contributed by atoms with E-state index >= 15 is 0 Å². The van der Waals surface area contributed by atoms with Gasteiger partial charge in [-0.25, -0.2) is 0 Å². The summed E-state index contributed by atoms with van der Waals surface area (Å²) in [6.07, 6.45) is -0.566. The molecule has 0 heterocycles. The molecule has 0 bridgehead atoms. The quantitative estimate of drug-likeness (QED) is 0.613. The van der Waals surface area contributed by atoms with Gasteiger partial charge in [0.15, 0.2) is 0 Å². The molecule has 0 aromatic heterocycles. The van der Waals surface area contributed by atoms with Gasteiger partial charge in [-0.15, -0.1) is 0 Å². The summed E-state index contributed by atoms with van der Waals surface area (Å²) in [6, 6.07) is 5.56. The highest BCUT2D eigenvalue weighted by atomic mass is 79.9. The van der Waals surface area contributed by atoms with Crippen LogP contribution >= 0.6 is 15.9 Å². The Balaban J connectivity index is 2.19. The van der Waals surface area contributed by atoms with E-state index in [9.17, 15) is 5.11 Å². The topological polar surface area (TPSA) is 57.2 Å². The standard InChI is InChI=1S/C15H23BrO5/c1-12(17)14-4-3-13(16)11-15(14)21-10-9-20-8-7-19-6-5-18-2/h3-4,11-12,17H,5-10H2,1-2H3/t12-/m0/s1. The number of rotatable bonds is 11. The van der Waals surface area contributed by atoms with Gasteiger partial charge < -0.3 is 24.1 Å². The van der Waals surface area contributed by atoms with E-state index in [1.54, 1.807) is 14.0 Å². The van der Waals surface area contributed by atoms with Gasteiger partial charge in [0.1, 0.15) is 12.4 Å². The van der Waals surface area contributed by atoms with Crippen LogP contribution in [0.5, 0.6) is 5.75 Å². The Hall–Kier alpha value is -0.660. The molecule has 0 aliphatic heterocycles. The van der Waals surface area contributed by atoms with E-state index in [1.807, 2.05) is 18.2 Å². The molecule has 0 saturated heterocycles. The van der Waals surface area contributed by atoms with Crippen molar-refractivity contribution in [2.45, 2.75) is 13.0 Å². The number of ether oxygens (including phenoxy) is 4. The Morgan fingerprint density at radius 2 is 1.67 bits per heavy atom. The van der Waals surface area contributed by atoms with Crippen LogP contribution in [-0.2, 0) is 14.2 Å². The van der Waals surface area contributed by atoms with E-state index < -0.39 is 6.10 Å². The minimum atomic E-state index is -0.566. The van der Waals surface area contributed by atoms with Crippen molar-refractivity contribution in [2.75, 3.05) is 46.8 Å². The summed E-state index contributed by atoms with van der Waals surface area (Å²) in [5.74, 6) is 0.666. The average Bonchev–Trinajstić information content (AvgIpc) is 2.45. The summed E-state index contributed by atoms with van der Waals surface area (Å²) >= 11 is 3.39. The first-order valence-electron chi connectivity index (χ1n) is 6.90. The molecule has 0 aliphatic carbocycles. The van der Waals surface area contributed by atoms with Crippen molar-refractivity contribution in [3.05, 3.63) is 28.2 Å². The Bertz CT molecular complexity index is 398.